The first-order chi connectivity index (χ1) is 9.86. The number of hydrogen-bond donors (Lipinski definition) is 1. The van der Waals surface area contributed by atoms with E-state index in [4.69, 9.17) is 0 Å². The Hall–Kier alpha value is -1.98. The fourth-order valence-corrected chi connectivity index (χ4v) is 2.46. The van der Waals surface area contributed by atoms with Crippen molar-refractivity contribution >= 4 is 17.5 Å². The molecule has 2 rings (SSSR count). The van der Waals surface area contributed by atoms with Crippen molar-refractivity contribution < 1.29 is 18.4 Å². The van der Waals surface area contributed by atoms with Gasteiger partial charge in [-0.05, 0) is 31.9 Å². The molecule has 0 aliphatic carbocycles. The molecular weight excluding hydrogens is 278 g/mol. The minimum Gasteiger partial charge on any atom is -0.342 e. The molecule has 1 heterocycles. The maximum absolute atomic E-state index is 14.1. The molecular formula is C15H18F2N2O2. The quantitative estimate of drug-likeness (QED) is 0.930. The first kappa shape index (κ1) is 15.4. The average Bonchev–Trinajstić information content (AvgIpc) is 2.42. The zero-order chi connectivity index (χ0) is 15.7. The molecule has 1 saturated heterocycles. The van der Waals surface area contributed by atoms with Crippen LogP contribution in [0.5, 0.6) is 0 Å². The van der Waals surface area contributed by atoms with E-state index in [1.165, 1.54) is 13.8 Å². The maximum atomic E-state index is 14.1. The van der Waals surface area contributed by atoms with Crippen LogP contribution in [-0.2, 0) is 9.59 Å². The highest BCUT2D eigenvalue weighted by atomic mass is 19.1. The van der Waals surface area contributed by atoms with Gasteiger partial charge in [0, 0.05) is 6.07 Å². The fourth-order valence-electron chi connectivity index (χ4n) is 2.46. The predicted molar refractivity (Wildman–Crippen MR) is 74.9 cm³/mol. The Kier molecular flexibility index (Phi) is 4.25. The highest BCUT2D eigenvalue weighted by Crippen LogP contribution is 2.27. The van der Waals surface area contributed by atoms with Crippen molar-refractivity contribution in [2.75, 3.05) is 4.90 Å². The summed E-state index contributed by atoms with van der Waals surface area (Å²) in [6.07, 6.45) is 1.16. The fraction of sp³-hybridized carbons (Fsp3) is 0.467. The molecule has 0 saturated carbocycles. The number of benzene rings is 1. The molecule has 0 spiro atoms. The molecule has 2 amide bonds. The Labute approximate surface area is 122 Å². The number of piperazine rings is 1. The summed E-state index contributed by atoms with van der Waals surface area (Å²) < 4.78 is 27.8. The lowest BCUT2D eigenvalue weighted by Crippen LogP contribution is -2.62. The van der Waals surface area contributed by atoms with Crippen LogP contribution in [0.15, 0.2) is 12.1 Å². The minimum atomic E-state index is -0.873. The maximum Gasteiger partial charge on any atom is 0.250 e. The van der Waals surface area contributed by atoms with E-state index in [0.717, 1.165) is 17.0 Å². The van der Waals surface area contributed by atoms with Crippen molar-refractivity contribution in [3.8, 4) is 0 Å². The van der Waals surface area contributed by atoms with Crippen molar-refractivity contribution in [3.63, 3.8) is 0 Å². The van der Waals surface area contributed by atoms with Crippen LogP contribution in [0.1, 0.15) is 32.3 Å². The van der Waals surface area contributed by atoms with Gasteiger partial charge in [0.15, 0.2) is 0 Å². The number of aryl methyl sites for hydroxylation is 1. The van der Waals surface area contributed by atoms with E-state index in [-0.39, 0.29) is 17.2 Å². The van der Waals surface area contributed by atoms with Crippen molar-refractivity contribution in [2.24, 2.45) is 0 Å². The zero-order valence-corrected chi connectivity index (χ0v) is 12.2. The van der Waals surface area contributed by atoms with E-state index in [1.54, 1.807) is 0 Å². The number of hydrogen-bond acceptors (Lipinski definition) is 2. The van der Waals surface area contributed by atoms with E-state index < -0.39 is 29.6 Å². The van der Waals surface area contributed by atoms with Crippen LogP contribution in [0, 0.1) is 18.6 Å². The molecule has 1 N–H and O–H groups in total. The second kappa shape index (κ2) is 5.79. The lowest BCUT2D eigenvalue weighted by Gasteiger charge is -2.37. The molecule has 4 nitrogen and oxygen atoms in total. The summed E-state index contributed by atoms with van der Waals surface area (Å²) in [5.41, 5.74) is -0.0329. The average molecular weight is 296 g/mol. The predicted octanol–water partition coefficient (Wildman–Crippen LogP) is 2.29. The number of rotatable bonds is 3. The van der Waals surface area contributed by atoms with Gasteiger partial charge in [0.05, 0.1) is 5.69 Å². The van der Waals surface area contributed by atoms with Gasteiger partial charge in [0.1, 0.15) is 23.7 Å². The number of nitrogens with one attached hydrogen (secondary N) is 1. The lowest BCUT2D eigenvalue weighted by molar-refractivity contribution is -0.133. The summed E-state index contributed by atoms with van der Waals surface area (Å²) in [5, 5.41) is 2.62. The van der Waals surface area contributed by atoms with Gasteiger partial charge in [-0.3, -0.25) is 14.5 Å². The number of carbonyl (C=O) groups is 2. The van der Waals surface area contributed by atoms with Gasteiger partial charge in [-0.25, -0.2) is 8.78 Å². The lowest BCUT2D eigenvalue weighted by atomic mass is 10.0. The highest BCUT2D eigenvalue weighted by Gasteiger charge is 2.39. The molecule has 2 atom stereocenters. The second-order valence-electron chi connectivity index (χ2n) is 5.29. The van der Waals surface area contributed by atoms with Crippen LogP contribution in [-0.4, -0.2) is 23.9 Å². The van der Waals surface area contributed by atoms with Gasteiger partial charge in [-0.2, -0.15) is 0 Å². The molecule has 1 aromatic rings. The molecule has 114 valence electrons. The third-order valence-corrected chi connectivity index (χ3v) is 3.68. The molecule has 2 unspecified atom stereocenters. The Balaban J connectivity index is 2.46. The number of halogens is 2. The van der Waals surface area contributed by atoms with Crippen molar-refractivity contribution in [2.45, 2.75) is 45.7 Å². The molecule has 6 heteroatoms. The number of amides is 2. The van der Waals surface area contributed by atoms with Gasteiger partial charge in [0.2, 0.25) is 11.8 Å². The van der Waals surface area contributed by atoms with E-state index in [0.29, 0.717) is 12.8 Å². The third kappa shape index (κ3) is 2.75. The summed E-state index contributed by atoms with van der Waals surface area (Å²) in [7, 11) is 0. The number of anilines is 1. The largest absolute Gasteiger partial charge is 0.342 e. The number of carbonyl (C=O) groups excluding carboxylic acids is 2. The Morgan fingerprint density at radius 2 is 1.90 bits per heavy atom. The van der Waals surface area contributed by atoms with Crippen LogP contribution < -0.4 is 10.2 Å². The smallest absolute Gasteiger partial charge is 0.250 e. The van der Waals surface area contributed by atoms with Gasteiger partial charge in [-0.15, -0.1) is 0 Å². The number of nitrogens with zero attached hydrogens (tertiary/aromatic N) is 1. The Morgan fingerprint density at radius 3 is 2.52 bits per heavy atom. The van der Waals surface area contributed by atoms with Crippen LogP contribution in [0.3, 0.4) is 0 Å². The normalized spacial score (nSPS) is 22.4. The van der Waals surface area contributed by atoms with E-state index in [2.05, 4.69) is 5.32 Å². The monoisotopic (exact) mass is 296 g/mol. The van der Waals surface area contributed by atoms with Gasteiger partial charge in [-0.1, -0.05) is 13.3 Å². The highest BCUT2D eigenvalue weighted by molar-refractivity contribution is 6.08. The van der Waals surface area contributed by atoms with Crippen LogP contribution in [0.4, 0.5) is 14.5 Å². The van der Waals surface area contributed by atoms with Crippen LogP contribution in [0.2, 0.25) is 0 Å². The summed E-state index contributed by atoms with van der Waals surface area (Å²) in [4.78, 5) is 25.4. The van der Waals surface area contributed by atoms with Crippen LogP contribution >= 0.6 is 0 Å². The van der Waals surface area contributed by atoms with Crippen LogP contribution in [0.25, 0.3) is 0 Å². The molecule has 21 heavy (non-hydrogen) atoms. The Morgan fingerprint density at radius 1 is 1.24 bits per heavy atom. The molecule has 0 aromatic heterocycles. The van der Waals surface area contributed by atoms with E-state index >= 15 is 0 Å². The third-order valence-electron chi connectivity index (χ3n) is 3.68. The summed E-state index contributed by atoms with van der Waals surface area (Å²) in [6.45, 7) is 4.82. The summed E-state index contributed by atoms with van der Waals surface area (Å²) in [6, 6.07) is 0.442. The Bertz CT molecular complexity index is 589. The van der Waals surface area contributed by atoms with E-state index in [9.17, 15) is 18.4 Å². The van der Waals surface area contributed by atoms with Crippen molar-refractivity contribution in [1.82, 2.24) is 5.32 Å². The molecule has 1 aromatic carbocycles. The first-order valence-electron chi connectivity index (χ1n) is 6.96. The molecule has 1 aliphatic heterocycles. The summed E-state index contributed by atoms with van der Waals surface area (Å²) in [5.74, 6) is -2.09. The first-order valence-corrected chi connectivity index (χ1v) is 6.96. The van der Waals surface area contributed by atoms with Gasteiger partial charge >= 0.3 is 0 Å². The molecule has 1 aliphatic rings. The van der Waals surface area contributed by atoms with Gasteiger partial charge in [0.25, 0.3) is 0 Å². The SMILES string of the molecule is CCCC1NC(=O)C(C)N(c2cc(F)c(C)cc2F)C1=O. The van der Waals surface area contributed by atoms with E-state index in [1.807, 2.05) is 6.92 Å². The summed E-state index contributed by atoms with van der Waals surface area (Å²) >= 11 is 0. The second-order valence-corrected chi connectivity index (χ2v) is 5.29. The molecule has 0 bridgehead atoms. The minimum absolute atomic E-state index is 0.155. The van der Waals surface area contributed by atoms with Crippen molar-refractivity contribution in [1.29, 1.82) is 0 Å². The molecule has 0 radical (unpaired) electrons. The standard InChI is InChI=1S/C15H18F2N2O2/c1-4-5-12-15(21)19(9(3)14(20)18-12)13-7-10(16)8(2)6-11(13)17/h6-7,9,12H,4-5H2,1-3H3,(H,18,20). The van der Waals surface area contributed by atoms with Gasteiger partial charge < -0.3 is 5.32 Å². The molecule has 1 fully saturated rings. The topological polar surface area (TPSA) is 49.4 Å². The zero-order valence-electron chi connectivity index (χ0n) is 12.2. The van der Waals surface area contributed by atoms with Crippen molar-refractivity contribution in [3.05, 3.63) is 29.3 Å².